The van der Waals surface area contributed by atoms with Crippen molar-refractivity contribution in [3.8, 4) is 5.75 Å². The third kappa shape index (κ3) is 7.44. The molecule has 168 valence electrons. The number of nitrogens with one attached hydrogen (secondary N) is 1. The van der Waals surface area contributed by atoms with Crippen molar-refractivity contribution in [2.45, 2.75) is 59.2 Å². The fourth-order valence-electron chi connectivity index (χ4n) is 3.12. The Balaban J connectivity index is 2.26. The summed E-state index contributed by atoms with van der Waals surface area (Å²) in [6.45, 7) is 9.47. The second kappa shape index (κ2) is 10.9. The van der Waals surface area contributed by atoms with E-state index in [2.05, 4.69) is 5.32 Å². The standard InChI is InChI=1S/C24H30Cl2N2O3/c1-6-21(23(30)27-24(3,4)5)28(14-17-9-7-8-10-20(17)26)22(29)15-31-18-11-12-19(25)16(2)13-18/h7-13,21H,6,14-15H2,1-5H3,(H,27,30)/t21-/m0/s1. The molecule has 0 fully saturated rings. The molecule has 5 nitrogen and oxygen atoms in total. The van der Waals surface area contributed by atoms with Crippen molar-refractivity contribution in [1.29, 1.82) is 0 Å². The van der Waals surface area contributed by atoms with E-state index in [0.717, 1.165) is 11.1 Å². The molecule has 0 aliphatic heterocycles. The lowest BCUT2D eigenvalue weighted by atomic mass is 10.1. The van der Waals surface area contributed by atoms with Crippen molar-refractivity contribution in [1.82, 2.24) is 10.2 Å². The number of carbonyl (C=O) groups is 2. The number of benzene rings is 2. The van der Waals surface area contributed by atoms with Crippen molar-refractivity contribution in [2.24, 2.45) is 0 Å². The average molecular weight is 465 g/mol. The molecule has 0 heterocycles. The van der Waals surface area contributed by atoms with E-state index in [-0.39, 0.29) is 25.0 Å². The number of rotatable bonds is 8. The molecule has 2 aromatic rings. The van der Waals surface area contributed by atoms with E-state index in [1.807, 2.05) is 52.8 Å². The maximum absolute atomic E-state index is 13.2. The van der Waals surface area contributed by atoms with E-state index in [1.54, 1.807) is 24.3 Å². The van der Waals surface area contributed by atoms with Crippen LogP contribution >= 0.6 is 23.2 Å². The normalized spacial score (nSPS) is 12.2. The van der Waals surface area contributed by atoms with Gasteiger partial charge in [0.2, 0.25) is 5.91 Å². The maximum atomic E-state index is 13.2. The van der Waals surface area contributed by atoms with Gasteiger partial charge in [-0.25, -0.2) is 0 Å². The first-order valence-electron chi connectivity index (χ1n) is 10.3. The fourth-order valence-corrected chi connectivity index (χ4v) is 3.43. The molecule has 31 heavy (non-hydrogen) atoms. The molecular weight excluding hydrogens is 435 g/mol. The van der Waals surface area contributed by atoms with Crippen LogP contribution in [-0.4, -0.2) is 34.9 Å². The van der Waals surface area contributed by atoms with Crippen molar-refractivity contribution in [3.63, 3.8) is 0 Å². The van der Waals surface area contributed by atoms with Crippen molar-refractivity contribution >= 4 is 35.0 Å². The van der Waals surface area contributed by atoms with Crippen LogP contribution in [0.25, 0.3) is 0 Å². The zero-order valence-electron chi connectivity index (χ0n) is 18.7. The van der Waals surface area contributed by atoms with E-state index in [1.165, 1.54) is 4.90 Å². The Morgan fingerprint density at radius 3 is 2.35 bits per heavy atom. The molecular formula is C24H30Cl2N2O3. The molecule has 0 spiro atoms. The van der Waals surface area contributed by atoms with Gasteiger partial charge in [-0.1, -0.05) is 48.3 Å². The van der Waals surface area contributed by atoms with E-state index >= 15 is 0 Å². The number of aryl methyl sites for hydroxylation is 1. The highest BCUT2D eigenvalue weighted by molar-refractivity contribution is 6.31. The fraction of sp³-hybridized carbons (Fsp3) is 0.417. The molecule has 0 saturated carbocycles. The lowest BCUT2D eigenvalue weighted by Crippen LogP contribution is -2.54. The topological polar surface area (TPSA) is 58.6 Å². The number of halogens is 2. The van der Waals surface area contributed by atoms with Gasteiger partial charge in [0.05, 0.1) is 0 Å². The van der Waals surface area contributed by atoms with E-state index in [4.69, 9.17) is 27.9 Å². The van der Waals surface area contributed by atoms with Crippen LogP contribution in [0.1, 0.15) is 45.2 Å². The Hall–Kier alpha value is -2.24. The van der Waals surface area contributed by atoms with Crippen LogP contribution in [0.15, 0.2) is 42.5 Å². The summed E-state index contributed by atoms with van der Waals surface area (Å²) in [6.07, 6.45) is 0.457. The van der Waals surface area contributed by atoms with Crippen LogP contribution in [0.3, 0.4) is 0 Å². The lowest BCUT2D eigenvalue weighted by molar-refractivity contribution is -0.143. The zero-order chi connectivity index (χ0) is 23.2. The molecule has 0 saturated heterocycles. The van der Waals surface area contributed by atoms with Gasteiger partial charge < -0.3 is 15.0 Å². The van der Waals surface area contributed by atoms with Gasteiger partial charge in [-0.15, -0.1) is 0 Å². The second-order valence-electron chi connectivity index (χ2n) is 8.48. The van der Waals surface area contributed by atoms with Gasteiger partial charge in [0, 0.05) is 22.1 Å². The van der Waals surface area contributed by atoms with Crippen LogP contribution in [0, 0.1) is 6.92 Å². The zero-order valence-corrected chi connectivity index (χ0v) is 20.2. The van der Waals surface area contributed by atoms with Gasteiger partial charge in [-0.3, -0.25) is 9.59 Å². The number of nitrogens with zero attached hydrogens (tertiary/aromatic N) is 1. The number of hydrogen-bond acceptors (Lipinski definition) is 3. The Morgan fingerprint density at radius 1 is 1.10 bits per heavy atom. The van der Waals surface area contributed by atoms with Crippen LogP contribution in [0.5, 0.6) is 5.75 Å². The minimum absolute atomic E-state index is 0.204. The first kappa shape index (κ1) is 25.0. The maximum Gasteiger partial charge on any atom is 0.261 e. The van der Waals surface area contributed by atoms with Crippen molar-refractivity contribution in [2.75, 3.05) is 6.61 Å². The average Bonchev–Trinajstić information content (AvgIpc) is 2.68. The minimum atomic E-state index is -0.654. The first-order chi connectivity index (χ1) is 14.5. The first-order valence-corrected chi connectivity index (χ1v) is 11.0. The monoisotopic (exact) mass is 464 g/mol. The molecule has 2 rings (SSSR count). The van der Waals surface area contributed by atoms with Crippen LogP contribution < -0.4 is 10.1 Å². The van der Waals surface area contributed by atoms with E-state index in [0.29, 0.717) is 22.2 Å². The quantitative estimate of drug-likeness (QED) is 0.568. The molecule has 0 radical (unpaired) electrons. The summed E-state index contributed by atoms with van der Waals surface area (Å²) >= 11 is 12.4. The number of ether oxygens (including phenoxy) is 1. The lowest BCUT2D eigenvalue weighted by Gasteiger charge is -2.33. The number of amides is 2. The molecule has 0 bridgehead atoms. The van der Waals surface area contributed by atoms with Gasteiger partial charge in [0.1, 0.15) is 11.8 Å². The molecule has 0 aliphatic carbocycles. The molecule has 1 atom stereocenters. The van der Waals surface area contributed by atoms with Gasteiger partial charge in [0.25, 0.3) is 5.91 Å². The van der Waals surface area contributed by atoms with Crippen LogP contribution in [0.4, 0.5) is 0 Å². The Labute approximate surface area is 194 Å². The highest BCUT2D eigenvalue weighted by atomic mass is 35.5. The Bertz CT molecular complexity index is 925. The highest BCUT2D eigenvalue weighted by Gasteiger charge is 2.31. The van der Waals surface area contributed by atoms with Gasteiger partial charge >= 0.3 is 0 Å². The molecule has 1 N–H and O–H groups in total. The molecule has 2 amide bonds. The van der Waals surface area contributed by atoms with Crippen molar-refractivity contribution in [3.05, 3.63) is 63.6 Å². The summed E-state index contributed by atoms with van der Waals surface area (Å²) < 4.78 is 5.71. The summed E-state index contributed by atoms with van der Waals surface area (Å²) in [6, 6.07) is 11.9. The Kier molecular flexibility index (Phi) is 8.78. The van der Waals surface area contributed by atoms with E-state index in [9.17, 15) is 9.59 Å². The van der Waals surface area contributed by atoms with Crippen LogP contribution in [-0.2, 0) is 16.1 Å². The molecule has 2 aromatic carbocycles. The minimum Gasteiger partial charge on any atom is -0.484 e. The predicted molar refractivity (Wildman–Crippen MR) is 126 cm³/mol. The van der Waals surface area contributed by atoms with Crippen molar-refractivity contribution < 1.29 is 14.3 Å². The van der Waals surface area contributed by atoms with E-state index < -0.39 is 11.6 Å². The molecule has 0 aliphatic rings. The highest BCUT2D eigenvalue weighted by Crippen LogP contribution is 2.23. The Morgan fingerprint density at radius 2 is 1.77 bits per heavy atom. The summed E-state index contributed by atoms with van der Waals surface area (Å²) in [5.74, 6) is 0.0290. The number of carbonyl (C=O) groups excluding carboxylic acids is 2. The molecule has 0 aromatic heterocycles. The smallest absolute Gasteiger partial charge is 0.261 e. The summed E-state index contributed by atoms with van der Waals surface area (Å²) in [7, 11) is 0. The SMILES string of the molecule is CC[C@@H](C(=O)NC(C)(C)C)N(Cc1ccccc1Cl)C(=O)COc1ccc(Cl)c(C)c1. The van der Waals surface area contributed by atoms with Gasteiger partial charge in [-0.05, 0) is 69.5 Å². The predicted octanol–water partition coefficient (Wildman–Crippen LogP) is 5.40. The summed E-state index contributed by atoms with van der Waals surface area (Å²) in [5.41, 5.74) is 1.21. The number of hydrogen-bond donors (Lipinski definition) is 1. The molecule has 7 heteroatoms. The van der Waals surface area contributed by atoms with Gasteiger partial charge in [-0.2, -0.15) is 0 Å². The summed E-state index contributed by atoms with van der Waals surface area (Å²) in [5, 5.41) is 4.14. The van der Waals surface area contributed by atoms with Crippen LogP contribution in [0.2, 0.25) is 10.0 Å². The molecule has 0 unspecified atom stereocenters. The third-order valence-corrected chi connectivity index (χ3v) is 5.47. The van der Waals surface area contributed by atoms with Gasteiger partial charge in [0.15, 0.2) is 6.61 Å². The second-order valence-corrected chi connectivity index (χ2v) is 9.29. The summed E-state index contributed by atoms with van der Waals surface area (Å²) in [4.78, 5) is 27.7. The largest absolute Gasteiger partial charge is 0.484 e. The third-order valence-electron chi connectivity index (χ3n) is 4.67.